The van der Waals surface area contributed by atoms with Crippen LogP contribution in [-0.4, -0.2) is 9.38 Å². The Morgan fingerprint density at radius 2 is 1.91 bits per heavy atom. The number of rotatable bonds is 1. The molecular weight excluding hydrogens is 277 g/mol. The van der Waals surface area contributed by atoms with Gasteiger partial charge in [-0.25, -0.2) is 9.37 Å². The Labute approximate surface area is 127 Å². The molecule has 0 amide bonds. The minimum Gasteiger partial charge on any atom is -0.288 e. The van der Waals surface area contributed by atoms with Crippen molar-refractivity contribution >= 4 is 5.65 Å². The number of imidazole rings is 1. The summed E-state index contributed by atoms with van der Waals surface area (Å²) in [7, 11) is 0. The molecule has 2 heterocycles. The van der Waals surface area contributed by atoms with E-state index in [4.69, 9.17) is 0 Å². The third-order valence-electron chi connectivity index (χ3n) is 4.31. The number of pyridine rings is 1. The van der Waals surface area contributed by atoms with Crippen molar-refractivity contribution in [3.8, 4) is 17.3 Å². The van der Waals surface area contributed by atoms with Gasteiger partial charge in [-0.3, -0.25) is 4.40 Å². The molecule has 108 valence electrons. The van der Waals surface area contributed by atoms with Gasteiger partial charge >= 0.3 is 0 Å². The number of hydrogen-bond donors (Lipinski definition) is 0. The van der Waals surface area contributed by atoms with Crippen LogP contribution in [-0.2, 0) is 12.8 Å². The van der Waals surface area contributed by atoms with E-state index in [0.717, 1.165) is 18.4 Å². The van der Waals surface area contributed by atoms with Crippen LogP contribution in [0, 0.1) is 17.1 Å². The second kappa shape index (κ2) is 4.96. The van der Waals surface area contributed by atoms with Gasteiger partial charge in [0.25, 0.3) is 0 Å². The molecule has 4 rings (SSSR count). The van der Waals surface area contributed by atoms with Crippen LogP contribution in [0.2, 0.25) is 0 Å². The SMILES string of the molecule is N#Cc1c(-c2ccc3c(c2)CCCC3)nc2ccc(F)cn12. The average molecular weight is 291 g/mol. The molecule has 0 fully saturated rings. The Morgan fingerprint density at radius 1 is 1.09 bits per heavy atom. The lowest BCUT2D eigenvalue weighted by Gasteiger charge is -2.16. The molecule has 0 radical (unpaired) electrons. The van der Waals surface area contributed by atoms with E-state index in [-0.39, 0.29) is 5.82 Å². The van der Waals surface area contributed by atoms with E-state index in [1.165, 1.54) is 40.6 Å². The molecule has 1 aliphatic carbocycles. The van der Waals surface area contributed by atoms with Gasteiger partial charge in [0.15, 0.2) is 5.69 Å². The van der Waals surface area contributed by atoms with Gasteiger partial charge in [0.05, 0.1) is 0 Å². The molecule has 0 bridgehead atoms. The molecule has 0 saturated heterocycles. The fourth-order valence-corrected chi connectivity index (χ4v) is 3.21. The first-order chi connectivity index (χ1) is 10.8. The maximum Gasteiger partial charge on any atom is 0.152 e. The second-order valence-electron chi connectivity index (χ2n) is 5.69. The van der Waals surface area contributed by atoms with Crippen molar-refractivity contribution in [1.82, 2.24) is 9.38 Å². The van der Waals surface area contributed by atoms with Gasteiger partial charge in [-0.15, -0.1) is 0 Å². The first kappa shape index (κ1) is 13.0. The normalized spacial score (nSPS) is 13.8. The predicted octanol–water partition coefficient (Wildman–Crippen LogP) is 3.89. The Hall–Kier alpha value is -2.67. The highest BCUT2D eigenvalue weighted by molar-refractivity contribution is 5.70. The average Bonchev–Trinajstić information content (AvgIpc) is 2.92. The van der Waals surface area contributed by atoms with Crippen LogP contribution in [0.15, 0.2) is 36.5 Å². The molecule has 3 aromatic rings. The van der Waals surface area contributed by atoms with Gasteiger partial charge in [-0.05, 0) is 55.0 Å². The first-order valence-electron chi connectivity index (χ1n) is 7.46. The maximum absolute atomic E-state index is 13.4. The zero-order chi connectivity index (χ0) is 15.1. The van der Waals surface area contributed by atoms with E-state index < -0.39 is 0 Å². The molecule has 0 unspecified atom stereocenters. The quantitative estimate of drug-likeness (QED) is 0.682. The Bertz CT molecular complexity index is 918. The summed E-state index contributed by atoms with van der Waals surface area (Å²) in [5.74, 6) is -0.376. The van der Waals surface area contributed by atoms with E-state index in [0.29, 0.717) is 17.0 Å². The smallest absolute Gasteiger partial charge is 0.152 e. The van der Waals surface area contributed by atoms with Gasteiger partial charge in [0, 0.05) is 11.8 Å². The van der Waals surface area contributed by atoms with Crippen LogP contribution in [0.5, 0.6) is 0 Å². The van der Waals surface area contributed by atoms with Gasteiger partial charge < -0.3 is 0 Å². The highest BCUT2D eigenvalue weighted by atomic mass is 19.1. The summed E-state index contributed by atoms with van der Waals surface area (Å²) in [5, 5.41) is 9.46. The van der Waals surface area contributed by atoms with Crippen LogP contribution >= 0.6 is 0 Å². The standard InChI is InChI=1S/C18H14FN3/c19-15-7-8-17-21-18(16(10-20)22(17)11-15)14-6-5-12-3-1-2-4-13(12)9-14/h5-9,11H,1-4H2. The van der Waals surface area contributed by atoms with E-state index in [1.54, 1.807) is 6.07 Å². The molecule has 1 aliphatic rings. The number of fused-ring (bicyclic) bond motifs is 2. The molecule has 3 nitrogen and oxygen atoms in total. The Morgan fingerprint density at radius 3 is 2.73 bits per heavy atom. The third kappa shape index (κ3) is 1.98. The van der Waals surface area contributed by atoms with Gasteiger partial charge in [-0.1, -0.05) is 12.1 Å². The number of halogens is 1. The third-order valence-corrected chi connectivity index (χ3v) is 4.31. The summed E-state index contributed by atoms with van der Waals surface area (Å²) in [4.78, 5) is 4.52. The topological polar surface area (TPSA) is 41.1 Å². The fourth-order valence-electron chi connectivity index (χ4n) is 3.21. The van der Waals surface area contributed by atoms with E-state index in [1.807, 2.05) is 6.07 Å². The minimum atomic E-state index is -0.376. The number of hydrogen-bond acceptors (Lipinski definition) is 2. The number of benzene rings is 1. The number of aromatic nitrogens is 2. The van der Waals surface area contributed by atoms with Crippen LogP contribution in [0.1, 0.15) is 29.7 Å². The van der Waals surface area contributed by atoms with Crippen molar-refractivity contribution in [1.29, 1.82) is 5.26 Å². The van der Waals surface area contributed by atoms with Crippen molar-refractivity contribution in [2.24, 2.45) is 0 Å². The first-order valence-corrected chi connectivity index (χ1v) is 7.46. The van der Waals surface area contributed by atoms with Crippen LogP contribution in [0.3, 0.4) is 0 Å². The molecule has 4 heteroatoms. The fraction of sp³-hybridized carbons (Fsp3) is 0.222. The van der Waals surface area contributed by atoms with Crippen LogP contribution < -0.4 is 0 Å². The highest BCUT2D eigenvalue weighted by Gasteiger charge is 2.16. The molecule has 2 aromatic heterocycles. The molecule has 0 aliphatic heterocycles. The molecule has 0 N–H and O–H groups in total. The summed E-state index contributed by atoms with van der Waals surface area (Å²) in [6.45, 7) is 0. The maximum atomic E-state index is 13.4. The molecule has 22 heavy (non-hydrogen) atoms. The van der Waals surface area contributed by atoms with Crippen molar-refractivity contribution in [2.45, 2.75) is 25.7 Å². The van der Waals surface area contributed by atoms with Crippen molar-refractivity contribution in [3.05, 3.63) is 59.2 Å². The Balaban J connectivity index is 1.92. The van der Waals surface area contributed by atoms with Crippen LogP contribution in [0.25, 0.3) is 16.9 Å². The number of nitriles is 1. The van der Waals surface area contributed by atoms with Crippen LogP contribution in [0.4, 0.5) is 4.39 Å². The van der Waals surface area contributed by atoms with Crippen molar-refractivity contribution < 1.29 is 4.39 Å². The minimum absolute atomic E-state index is 0.376. The molecule has 1 aromatic carbocycles. The van der Waals surface area contributed by atoms with Gasteiger partial charge in [0.1, 0.15) is 23.2 Å². The number of aryl methyl sites for hydroxylation is 2. The number of nitrogens with zero attached hydrogens (tertiary/aromatic N) is 3. The van der Waals surface area contributed by atoms with Gasteiger partial charge in [0.2, 0.25) is 0 Å². The van der Waals surface area contributed by atoms with E-state index in [2.05, 4.69) is 23.2 Å². The van der Waals surface area contributed by atoms with E-state index in [9.17, 15) is 9.65 Å². The summed E-state index contributed by atoms with van der Waals surface area (Å²) < 4.78 is 14.9. The van der Waals surface area contributed by atoms with E-state index >= 15 is 0 Å². The zero-order valence-electron chi connectivity index (χ0n) is 12.0. The summed E-state index contributed by atoms with van der Waals surface area (Å²) in [5.41, 5.74) is 5.26. The Kier molecular flexibility index (Phi) is 2.93. The predicted molar refractivity (Wildman–Crippen MR) is 81.9 cm³/mol. The summed E-state index contributed by atoms with van der Waals surface area (Å²) >= 11 is 0. The molecular formula is C18H14FN3. The summed E-state index contributed by atoms with van der Waals surface area (Å²) in [6, 6.07) is 11.4. The second-order valence-corrected chi connectivity index (χ2v) is 5.69. The highest BCUT2D eigenvalue weighted by Crippen LogP contribution is 2.29. The lowest BCUT2D eigenvalue weighted by Crippen LogP contribution is -2.02. The molecule has 0 saturated carbocycles. The zero-order valence-corrected chi connectivity index (χ0v) is 12.0. The van der Waals surface area contributed by atoms with Crippen molar-refractivity contribution in [3.63, 3.8) is 0 Å². The lowest BCUT2D eigenvalue weighted by molar-refractivity contribution is 0.619. The summed E-state index contributed by atoms with van der Waals surface area (Å²) in [6.07, 6.45) is 5.95. The molecule has 0 spiro atoms. The lowest BCUT2D eigenvalue weighted by atomic mass is 9.90. The van der Waals surface area contributed by atoms with Gasteiger partial charge in [-0.2, -0.15) is 5.26 Å². The monoisotopic (exact) mass is 291 g/mol. The largest absolute Gasteiger partial charge is 0.288 e. The molecule has 0 atom stereocenters. The van der Waals surface area contributed by atoms with Crippen molar-refractivity contribution in [2.75, 3.05) is 0 Å².